The molecule has 1 unspecified atom stereocenters. The molecule has 11 heteroatoms. The van der Waals surface area contributed by atoms with E-state index in [9.17, 15) is 18.0 Å². The van der Waals surface area contributed by atoms with E-state index < -0.39 is 27.9 Å². The third-order valence-electron chi connectivity index (χ3n) is 5.39. The van der Waals surface area contributed by atoms with E-state index in [1.165, 1.54) is 21.1 Å². The van der Waals surface area contributed by atoms with Crippen molar-refractivity contribution in [3.8, 4) is 11.5 Å². The van der Waals surface area contributed by atoms with Gasteiger partial charge in [-0.1, -0.05) is 0 Å². The molecule has 0 radical (unpaired) electrons. The number of anilines is 1. The number of carbonyl (C=O) groups is 2. The lowest BCUT2D eigenvalue weighted by Gasteiger charge is -2.23. The van der Waals surface area contributed by atoms with E-state index in [2.05, 4.69) is 5.32 Å². The highest BCUT2D eigenvalue weighted by molar-refractivity contribution is 7.89. The molecule has 0 aliphatic carbocycles. The number of ether oxygens (including phenoxy) is 3. The third kappa shape index (κ3) is 4.17. The van der Waals surface area contributed by atoms with Crippen molar-refractivity contribution < 1.29 is 32.2 Å². The Morgan fingerprint density at radius 3 is 2.69 bits per heavy atom. The van der Waals surface area contributed by atoms with Crippen molar-refractivity contribution in [2.24, 2.45) is 7.05 Å². The minimum Gasteiger partial charge on any atom is -0.486 e. The molecule has 0 saturated carbocycles. The zero-order valence-corrected chi connectivity index (χ0v) is 18.7. The molecular weight excluding hydrogens is 438 g/mol. The maximum absolute atomic E-state index is 13.3. The van der Waals surface area contributed by atoms with Crippen LogP contribution in [-0.4, -0.2) is 61.6 Å². The van der Waals surface area contributed by atoms with E-state index in [1.807, 2.05) is 0 Å². The second-order valence-electron chi connectivity index (χ2n) is 7.51. The van der Waals surface area contributed by atoms with Crippen LogP contribution in [0.3, 0.4) is 0 Å². The third-order valence-corrected chi connectivity index (χ3v) is 7.26. The number of fused-ring (bicyclic) bond motifs is 1. The van der Waals surface area contributed by atoms with Gasteiger partial charge in [0.25, 0.3) is 0 Å². The van der Waals surface area contributed by atoms with Gasteiger partial charge in [0.1, 0.15) is 29.8 Å². The summed E-state index contributed by atoms with van der Waals surface area (Å²) < 4.78 is 45.1. The van der Waals surface area contributed by atoms with Crippen molar-refractivity contribution in [2.45, 2.75) is 30.7 Å². The summed E-state index contributed by atoms with van der Waals surface area (Å²) in [5.41, 5.74) is 0.620. The molecule has 1 fully saturated rings. The monoisotopic (exact) mass is 463 g/mol. The smallest absolute Gasteiger partial charge is 0.354 e. The fraction of sp³-hybridized carbons (Fsp3) is 0.429. The Bertz CT molecular complexity index is 1140. The molecular formula is C21H25N3O7S. The molecule has 1 N–H and O–H groups in total. The lowest BCUT2D eigenvalue weighted by Crippen LogP contribution is -2.43. The number of esters is 1. The lowest BCUT2D eigenvalue weighted by molar-refractivity contribution is -0.119. The second-order valence-corrected chi connectivity index (χ2v) is 9.40. The summed E-state index contributed by atoms with van der Waals surface area (Å²) in [6.07, 6.45) is 2.30. The fourth-order valence-corrected chi connectivity index (χ4v) is 5.58. The standard InChI is InChI=1S/C21H25N3O7S/c1-3-29-21(26)17-12-15(13-23(17)2)32(27,28)24-8-4-5-16(24)20(25)22-14-6-7-18-19(11-14)31-10-9-30-18/h6-7,11-13,16H,3-5,8-10H2,1-2H3,(H,22,25). The van der Waals surface area contributed by atoms with Gasteiger partial charge >= 0.3 is 5.97 Å². The van der Waals surface area contributed by atoms with Gasteiger partial charge in [0.2, 0.25) is 15.9 Å². The summed E-state index contributed by atoms with van der Waals surface area (Å²) >= 11 is 0. The molecule has 1 amide bonds. The Balaban J connectivity index is 1.53. The molecule has 1 atom stereocenters. The molecule has 1 aromatic heterocycles. The fourth-order valence-electron chi connectivity index (χ4n) is 3.86. The Morgan fingerprint density at radius 1 is 1.19 bits per heavy atom. The molecule has 32 heavy (non-hydrogen) atoms. The first-order chi connectivity index (χ1) is 15.3. The minimum atomic E-state index is -3.99. The summed E-state index contributed by atoms with van der Waals surface area (Å²) in [5, 5.41) is 2.78. The van der Waals surface area contributed by atoms with Crippen molar-refractivity contribution in [1.29, 1.82) is 0 Å². The summed E-state index contributed by atoms with van der Waals surface area (Å²) in [5.74, 6) is 0.0941. The summed E-state index contributed by atoms with van der Waals surface area (Å²) in [7, 11) is -2.42. The zero-order chi connectivity index (χ0) is 22.9. The van der Waals surface area contributed by atoms with Gasteiger partial charge in [0, 0.05) is 31.5 Å². The molecule has 2 aliphatic heterocycles. The quantitative estimate of drug-likeness (QED) is 0.649. The molecule has 3 heterocycles. The van der Waals surface area contributed by atoms with Crippen LogP contribution >= 0.6 is 0 Å². The van der Waals surface area contributed by atoms with Gasteiger partial charge in [-0.25, -0.2) is 13.2 Å². The van der Waals surface area contributed by atoms with Crippen LogP contribution in [0.1, 0.15) is 30.3 Å². The molecule has 1 aromatic carbocycles. The van der Waals surface area contributed by atoms with Gasteiger partial charge < -0.3 is 24.1 Å². The van der Waals surface area contributed by atoms with Gasteiger partial charge in [0.15, 0.2) is 11.5 Å². The lowest BCUT2D eigenvalue weighted by atomic mass is 10.2. The zero-order valence-electron chi connectivity index (χ0n) is 17.9. The van der Waals surface area contributed by atoms with Crippen LogP contribution in [0, 0.1) is 0 Å². The average Bonchev–Trinajstić information content (AvgIpc) is 3.42. The van der Waals surface area contributed by atoms with E-state index in [0.29, 0.717) is 43.2 Å². The number of aryl methyl sites for hydroxylation is 1. The van der Waals surface area contributed by atoms with E-state index >= 15 is 0 Å². The largest absolute Gasteiger partial charge is 0.486 e. The summed E-state index contributed by atoms with van der Waals surface area (Å²) in [6.45, 7) is 2.95. The molecule has 10 nitrogen and oxygen atoms in total. The van der Waals surface area contributed by atoms with E-state index in [4.69, 9.17) is 14.2 Å². The number of hydrogen-bond acceptors (Lipinski definition) is 7. The summed E-state index contributed by atoms with van der Waals surface area (Å²) in [4.78, 5) is 25.0. The minimum absolute atomic E-state index is 0.0536. The maximum Gasteiger partial charge on any atom is 0.354 e. The van der Waals surface area contributed by atoms with Crippen LogP contribution in [-0.2, 0) is 26.6 Å². The number of amides is 1. The number of hydrogen-bond donors (Lipinski definition) is 1. The van der Waals surface area contributed by atoms with Gasteiger partial charge in [-0.15, -0.1) is 0 Å². The van der Waals surface area contributed by atoms with E-state index in [-0.39, 0.29) is 23.7 Å². The predicted molar refractivity (Wildman–Crippen MR) is 114 cm³/mol. The number of aromatic nitrogens is 1. The molecule has 2 aromatic rings. The highest BCUT2D eigenvalue weighted by atomic mass is 32.2. The highest BCUT2D eigenvalue weighted by Crippen LogP contribution is 2.33. The number of benzene rings is 1. The molecule has 1 saturated heterocycles. The highest BCUT2D eigenvalue weighted by Gasteiger charge is 2.40. The number of nitrogens with one attached hydrogen (secondary N) is 1. The normalized spacial score (nSPS) is 18.4. The molecule has 172 valence electrons. The predicted octanol–water partition coefficient (Wildman–Crippen LogP) is 1.76. The molecule has 4 rings (SSSR count). The van der Waals surface area contributed by atoms with Crippen molar-refractivity contribution in [3.05, 3.63) is 36.2 Å². The first-order valence-corrected chi connectivity index (χ1v) is 11.8. The summed E-state index contributed by atoms with van der Waals surface area (Å²) in [6, 6.07) is 5.46. The van der Waals surface area contributed by atoms with Gasteiger partial charge in [-0.2, -0.15) is 4.31 Å². The van der Waals surface area contributed by atoms with Crippen LogP contribution in [0.25, 0.3) is 0 Å². The molecule has 0 spiro atoms. The Morgan fingerprint density at radius 2 is 1.94 bits per heavy atom. The first-order valence-electron chi connectivity index (χ1n) is 10.4. The van der Waals surface area contributed by atoms with Crippen LogP contribution in [0.15, 0.2) is 35.4 Å². The van der Waals surface area contributed by atoms with Gasteiger partial charge in [-0.05, 0) is 38.0 Å². The second kappa shape index (κ2) is 8.83. The topological polar surface area (TPSA) is 116 Å². The van der Waals surface area contributed by atoms with Crippen LogP contribution in [0.2, 0.25) is 0 Å². The number of sulfonamides is 1. The van der Waals surface area contributed by atoms with Crippen molar-refractivity contribution in [3.63, 3.8) is 0 Å². The maximum atomic E-state index is 13.3. The van der Waals surface area contributed by atoms with Gasteiger partial charge in [0.05, 0.1) is 6.61 Å². The van der Waals surface area contributed by atoms with Crippen molar-refractivity contribution in [2.75, 3.05) is 31.7 Å². The number of nitrogens with zero attached hydrogens (tertiary/aromatic N) is 2. The molecule has 0 bridgehead atoms. The average molecular weight is 464 g/mol. The number of carbonyl (C=O) groups excluding carboxylic acids is 2. The first kappa shape index (κ1) is 22.2. The van der Waals surface area contributed by atoms with Crippen LogP contribution < -0.4 is 14.8 Å². The Kier molecular flexibility index (Phi) is 6.11. The van der Waals surface area contributed by atoms with Crippen LogP contribution in [0.4, 0.5) is 5.69 Å². The van der Waals surface area contributed by atoms with Crippen molar-refractivity contribution in [1.82, 2.24) is 8.87 Å². The van der Waals surface area contributed by atoms with E-state index in [1.54, 1.807) is 32.2 Å². The Labute approximate surface area is 186 Å². The van der Waals surface area contributed by atoms with Crippen molar-refractivity contribution >= 4 is 27.6 Å². The van der Waals surface area contributed by atoms with Crippen LogP contribution in [0.5, 0.6) is 11.5 Å². The van der Waals surface area contributed by atoms with E-state index in [0.717, 1.165) is 0 Å². The Hall–Kier alpha value is -3.05. The van der Waals surface area contributed by atoms with Gasteiger partial charge in [-0.3, -0.25) is 4.79 Å². The number of rotatable bonds is 6. The molecule has 2 aliphatic rings. The SMILES string of the molecule is CCOC(=O)c1cc(S(=O)(=O)N2CCCC2C(=O)Nc2ccc3c(c2)OCCO3)cn1C.